The van der Waals surface area contributed by atoms with Crippen molar-refractivity contribution in [3.8, 4) is 0 Å². The highest BCUT2D eigenvalue weighted by molar-refractivity contribution is 9.09. The molecular weight excluding hydrogens is 374 g/mol. The first-order chi connectivity index (χ1) is 11.0. The van der Waals surface area contributed by atoms with Crippen molar-refractivity contribution < 1.29 is 4.92 Å². The molecule has 23 heavy (non-hydrogen) atoms. The molecule has 122 valence electrons. The van der Waals surface area contributed by atoms with Gasteiger partial charge < -0.3 is 0 Å². The highest BCUT2D eigenvalue weighted by Crippen LogP contribution is 2.64. The van der Waals surface area contributed by atoms with Crippen LogP contribution in [0.5, 0.6) is 0 Å². The molecule has 2 bridgehead atoms. The van der Waals surface area contributed by atoms with Crippen molar-refractivity contribution in [2.45, 2.75) is 28.8 Å². The average molecular weight is 394 g/mol. The molecule has 5 heteroatoms. The number of alkyl halides is 1. The van der Waals surface area contributed by atoms with E-state index in [0.717, 1.165) is 10.8 Å². The van der Waals surface area contributed by atoms with E-state index in [0.29, 0.717) is 39.7 Å². The summed E-state index contributed by atoms with van der Waals surface area (Å²) in [4.78, 5) is 12.3. The van der Waals surface area contributed by atoms with Crippen molar-refractivity contribution in [1.29, 1.82) is 0 Å². The Bertz CT molecular complexity index is 679. The second kappa shape index (κ2) is 5.62. The molecule has 2 saturated carbocycles. The molecule has 8 unspecified atom stereocenters. The second-order valence-corrected chi connectivity index (χ2v) is 9.44. The number of nitro benzene ring substituents is 1. The van der Waals surface area contributed by atoms with Crippen LogP contribution in [-0.2, 0) is 0 Å². The van der Waals surface area contributed by atoms with E-state index in [4.69, 9.17) is 0 Å². The van der Waals surface area contributed by atoms with Crippen LogP contribution in [-0.4, -0.2) is 15.0 Å². The minimum atomic E-state index is -0.265. The van der Waals surface area contributed by atoms with E-state index < -0.39 is 0 Å². The summed E-state index contributed by atoms with van der Waals surface area (Å²) in [6, 6.07) is 7.14. The molecule has 2 fully saturated rings. The number of benzene rings is 1. The zero-order valence-corrected chi connectivity index (χ0v) is 15.5. The number of halogens is 1. The molecular formula is C18H20BrNO2S. The molecule has 1 aromatic carbocycles. The predicted octanol–water partition coefficient (Wildman–Crippen LogP) is 5.15. The number of nitro groups is 1. The van der Waals surface area contributed by atoms with Crippen LogP contribution in [0.4, 0.5) is 5.69 Å². The lowest BCUT2D eigenvalue weighted by Gasteiger charge is -2.63. The number of hydrogen-bond acceptors (Lipinski definition) is 3. The van der Waals surface area contributed by atoms with E-state index in [1.165, 1.54) is 0 Å². The zero-order chi connectivity index (χ0) is 16.3. The maximum absolute atomic E-state index is 11.3. The molecule has 5 rings (SSSR count). The third-order valence-corrected chi connectivity index (χ3v) is 9.33. The molecule has 1 aromatic rings. The monoisotopic (exact) mass is 393 g/mol. The van der Waals surface area contributed by atoms with Crippen molar-refractivity contribution in [2.75, 3.05) is 0 Å². The molecule has 0 radical (unpaired) electrons. The Balaban J connectivity index is 1.61. The van der Waals surface area contributed by atoms with Gasteiger partial charge in [0.05, 0.1) is 9.82 Å². The molecule has 3 nitrogen and oxygen atoms in total. The lowest BCUT2D eigenvalue weighted by molar-refractivity contribution is -0.387. The summed E-state index contributed by atoms with van der Waals surface area (Å²) in [6.07, 6.45) is 4.85. The van der Waals surface area contributed by atoms with Crippen LogP contribution >= 0.6 is 27.7 Å². The Kier molecular flexibility index (Phi) is 3.84. The summed E-state index contributed by atoms with van der Waals surface area (Å²) in [5, 5.41) is 11.7. The van der Waals surface area contributed by atoms with Gasteiger partial charge in [-0.15, -0.1) is 11.8 Å². The topological polar surface area (TPSA) is 43.1 Å². The number of fused-ring (bicyclic) bond motifs is 1. The van der Waals surface area contributed by atoms with E-state index in [2.05, 4.69) is 41.9 Å². The minimum Gasteiger partial charge on any atom is -0.258 e. The Morgan fingerprint density at radius 2 is 1.70 bits per heavy atom. The summed E-state index contributed by atoms with van der Waals surface area (Å²) >= 11 is 5.61. The van der Waals surface area contributed by atoms with Gasteiger partial charge in [-0.1, -0.05) is 54.1 Å². The number of rotatable bonds is 3. The molecule has 0 aromatic heterocycles. The molecule has 0 spiro atoms. The highest BCUT2D eigenvalue weighted by Gasteiger charge is 2.61. The molecule has 0 aliphatic heterocycles. The molecule has 8 atom stereocenters. The molecule has 0 saturated heterocycles. The second-order valence-electron chi connectivity index (χ2n) is 7.16. The van der Waals surface area contributed by atoms with Gasteiger partial charge in [-0.2, -0.15) is 0 Å². The first-order valence-electron chi connectivity index (χ1n) is 8.23. The van der Waals surface area contributed by atoms with E-state index in [1.807, 2.05) is 12.1 Å². The van der Waals surface area contributed by atoms with Gasteiger partial charge in [-0.25, -0.2) is 0 Å². The van der Waals surface area contributed by atoms with Gasteiger partial charge in [0, 0.05) is 16.1 Å². The maximum atomic E-state index is 11.3. The van der Waals surface area contributed by atoms with Crippen LogP contribution < -0.4 is 0 Å². The Hall–Kier alpha value is -0.810. The largest absolute Gasteiger partial charge is 0.282 e. The smallest absolute Gasteiger partial charge is 0.258 e. The highest BCUT2D eigenvalue weighted by atomic mass is 79.9. The van der Waals surface area contributed by atoms with Crippen LogP contribution in [0.15, 0.2) is 41.3 Å². The van der Waals surface area contributed by atoms with E-state index in [9.17, 15) is 10.1 Å². The van der Waals surface area contributed by atoms with Crippen LogP contribution in [0.25, 0.3) is 0 Å². The Morgan fingerprint density at radius 3 is 2.35 bits per heavy atom. The van der Waals surface area contributed by atoms with Crippen molar-refractivity contribution >= 4 is 33.4 Å². The summed E-state index contributed by atoms with van der Waals surface area (Å²) in [7, 11) is 0. The summed E-state index contributed by atoms with van der Waals surface area (Å²) in [5.41, 5.74) is 0.235. The van der Waals surface area contributed by atoms with Crippen molar-refractivity contribution in [2.24, 2.45) is 35.5 Å². The lowest BCUT2D eigenvalue weighted by atomic mass is 9.47. The van der Waals surface area contributed by atoms with Gasteiger partial charge in [0.1, 0.15) is 0 Å². The third-order valence-electron chi connectivity index (χ3n) is 6.32. The van der Waals surface area contributed by atoms with Crippen LogP contribution in [0.3, 0.4) is 0 Å². The molecule has 0 heterocycles. The number of hydrogen-bond donors (Lipinski definition) is 0. The first-order valence-corrected chi connectivity index (χ1v) is 10.0. The fourth-order valence-electron chi connectivity index (χ4n) is 4.93. The van der Waals surface area contributed by atoms with Crippen LogP contribution in [0, 0.1) is 45.6 Å². The fourth-order valence-corrected chi connectivity index (χ4v) is 7.85. The maximum Gasteiger partial charge on any atom is 0.282 e. The average Bonchev–Trinajstić information content (AvgIpc) is 2.56. The number of nitrogens with zero attached hydrogens (tertiary/aromatic N) is 1. The van der Waals surface area contributed by atoms with Gasteiger partial charge in [-0.05, 0) is 41.6 Å². The Morgan fingerprint density at radius 1 is 1.09 bits per heavy atom. The van der Waals surface area contributed by atoms with Gasteiger partial charge in [-0.3, -0.25) is 10.1 Å². The van der Waals surface area contributed by atoms with Gasteiger partial charge in [0.25, 0.3) is 5.69 Å². The SMILES string of the molecule is CC1C(C)C2C=CC1C1C(Br)C(Sc3ccccc3[N+](=O)[O-])C21. The van der Waals surface area contributed by atoms with Crippen molar-refractivity contribution in [3.05, 3.63) is 46.5 Å². The molecule has 0 N–H and O–H groups in total. The predicted molar refractivity (Wildman–Crippen MR) is 96.9 cm³/mol. The third kappa shape index (κ3) is 2.23. The summed E-state index contributed by atoms with van der Waals surface area (Å²) in [6.45, 7) is 4.75. The molecule has 4 aliphatic rings. The number of allylic oxidation sites excluding steroid dienone is 2. The van der Waals surface area contributed by atoms with Crippen LogP contribution in [0.1, 0.15) is 13.8 Å². The van der Waals surface area contributed by atoms with Crippen molar-refractivity contribution in [1.82, 2.24) is 0 Å². The first kappa shape index (κ1) is 15.7. The van der Waals surface area contributed by atoms with Gasteiger partial charge >= 0.3 is 0 Å². The number of para-hydroxylation sites is 1. The normalized spacial score (nSPS) is 43.8. The summed E-state index contributed by atoms with van der Waals surface area (Å²) in [5.74, 6) is 4.06. The Labute approximate surface area is 149 Å². The van der Waals surface area contributed by atoms with Crippen molar-refractivity contribution in [3.63, 3.8) is 0 Å². The molecule has 4 aliphatic carbocycles. The van der Waals surface area contributed by atoms with Gasteiger partial charge in [0.2, 0.25) is 0 Å². The van der Waals surface area contributed by atoms with E-state index >= 15 is 0 Å². The van der Waals surface area contributed by atoms with Gasteiger partial charge in [0.15, 0.2) is 0 Å². The quantitative estimate of drug-likeness (QED) is 0.308. The fraction of sp³-hybridized carbons (Fsp3) is 0.556. The number of thioether (sulfide) groups is 1. The lowest BCUT2D eigenvalue weighted by Crippen LogP contribution is -2.63. The van der Waals surface area contributed by atoms with Crippen LogP contribution in [0.2, 0.25) is 0 Å². The molecule has 0 amide bonds. The minimum absolute atomic E-state index is 0.235. The zero-order valence-electron chi connectivity index (χ0n) is 13.1. The standard InChI is InChI=1S/C18H20BrNO2S/c1-9-10(2)12-8-7-11(9)15-16(12)18(17(15)19)23-14-6-4-3-5-13(14)20(21)22/h3-12,15-18H,1-2H3. The van der Waals surface area contributed by atoms with E-state index in [1.54, 1.807) is 23.9 Å². The van der Waals surface area contributed by atoms with E-state index in [-0.39, 0.29) is 10.6 Å². The summed E-state index contributed by atoms with van der Waals surface area (Å²) < 4.78 is 0.